The molecule has 0 aliphatic heterocycles. The maximum atomic E-state index is 11.9. The molecule has 0 bridgehead atoms. The van der Waals surface area contributed by atoms with Crippen LogP contribution in [0.4, 0.5) is 0 Å². The van der Waals surface area contributed by atoms with E-state index in [1.165, 1.54) is 0 Å². The number of aryl methyl sites for hydroxylation is 1. The first-order chi connectivity index (χ1) is 9.20. The lowest BCUT2D eigenvalue weighted by molar-refractivity contribution is 0.0945. The Morgan fingerprint density at radius 2 is 2.37 bits per heavy atom. The SMILES string of the molecule is Cc1ccncc1CNC(=O)c1cn(CCN)nn1. The Kier molecular flexibility index (Phi) is 4.19. The first kappa shape index (κ1) is 13.2. The van der Waals surface area contributed by atoms with E-state index in [1.807, 2.05) is 13.0 Å². The molecule has 7 heteroatoms. The number of rotatable bonds is 5. The summed E-state index contributed by atoms with van der Waals surface area (Å²) in [5, 5.41) is 10.4. The summed E-state index contributed by atoms with van der Waals surface area (Å²) in [5.74, 6) is -0.258. The van der Waals surface area contributed by atoms with Crippen LogP contribution in [0.25, 0.3) is 0 Å². The molecule has 0 aromatic carbocycles. The molecule has 100 valence electrons. The topological polar surface area (TPSA) is 98.7 Å². The van der Waals surface area contributed by atoms with Crippen LogP contribution in [0.2, 0.25) is 0 Å². The van der Waals surface area contributed by atoms with E-state index in [-0.39, 0.29) is 11.6 Å². The molecule has 3 N–H and O–H groups in total. The number of hydrogen-bond acceptors (Lipinski definition) is 5. The van der Waals surface area contributed by atoms with Gasteiger partial charge in [0.2, 0.25) is 0 Å². The highest BCUT2D eigenvalue weighted by Gasteiger charge is 2.10. The second kappa shape index (κ2) is 6.05. The Labute approximate surface area is 110 Å². The van der Waals surface area contributed by atoms with Crippen molar-refractivity contribution in [1.29, 1.82) is 0 Å². The maximum absolute atomic E-state index is 11.9. The molecule has 1 amide bonds. The van der Waals surface area contributed by atoms with E-state index in [0.29, 0.717) is 19.6 Å². The fourth-order valence-electron chi connectivity index (χ4n) is 1.59. The summed E-state index contributed by atoms with van der Waals surface area (Å²) >= 11 is 0. The van der Waals surface area contributed by atoms with E-state index in [0.717, 1.165) is 11.1 Å². The van der Waals surface area contributed by atoms with Gasteiger partial charge in [0.25, 0.3) is 5.91 Å². The number of aromatic nitrogens is 4. The predicted molar refractivity (Wildman–Crippen MR) is 69.2 cm³/mol. The van der Waals surface area contributed by atoms with Crippen LogP contribution in [0.15, 0.2) is 24.7 Å². The fraction of sp³-hybridized carbons (Fsp3) is 0.333. The normalized spacial score (nSPS) is 10.4. The average molecular weight is 260 g/mol. The molecule has 2 aromatic heterocycles. The summed E-state index contributed by atoms with van der Waals surface area (Å²) in [4.78, 5) is 15.9. The molecule has 0 unspecified atom stereocenters. The lowest BCUT2D eigenvalue weighted by atomic mass is 10.1. The number of nitrogens with zero attached hydrogens (tertiary/aromatic N) is 4. The third-order valence-corrected chi connectivity index (χ3v) is 2.72. The number of nitrogens with one attached hydrogen (secondary N) is 1. The van der Waals surface area contributed by atoms with Gasteiger partial charge in [0, 0.05) is 25.5 Å². The highest BCUT2D eigenvalue weighted by atomic mass is 16.2. The molecule has 0 spiro atoms. The van der Waals surface area contributed by atoms with Crippen molar-refractivity contribution in [2.24, 2.45) is 5.73 Å². The number of carbonyl (C=O) groups is 1. The zero-order valence-electron chi connectivity index (χ0n) is 10.7. The number of pyridine rings is 1. The summed E-state index contributed by atoms with van der Waals surface area (Å²) in [6.45, 7) is 3.39. The molecular formula is C12H16N6O. The van der Waals surface area contributed by atoms with Crippen LogP contribution in [-0.2, 0) is 13.1 Å². The standard InChI is InChI=1S/C12H16N6O/c1-9-2-4-14-6-10(9)7-15-12(19)11-8-18(5-3-13)17-16-11/h2,4,6,8H,3,5,7,13H2,1H3,(H,15,19). The van der Waals surface area contributed by atoms with Crippen molar-refractivity contribution in [2.75, 3.05) is 6.54 Å². The van der Waals surface area contributed by atoms with E-state index in [4.69, 9.17) is 5.73 Å². The highest BCUT2D eigenvalue weighted by molar-refractivity contribution is 5.91. The van der Waals surface area contributed by atoms with E-state index in [2.05, 4.69) is 20.6 Å². The maximum Gasteiger partial charge on any atom is 0.273 e. The number of hydrogen-bond donors (Lipinski definition) is 2. The van der Waals surface area contributed by atoms with Crippen LogP contribution in [-0.4, -0.2) is 32.4 Å². The van der Waals surface area contributed by atoms with E-state index < -0.39 is 0 Å². The van der Waals surface area contributed by atoms with Gasteiger partial charge in [-0.25, -0.2) is 0 Å². The van der Waals surface area contributed by atoms with Crippen LogP contribution in [0, 0.1) is 6.92 Å². The minimum absolute atomic E-state index is 0.258. The molecule has 2 aromatic rings. The van der Waals surface area contributed by atoms with Gasteiger partial charge in [-0.3, -0.25) is 14.5 Å². The third kappa shape index (κ3) is 3.35. The molecule has 0 aliphatic rings. The van der Waals surface area contributed by atoms with E-state index in [9.17, 15) is 4.79 Å². The molecule has 0 fully saturated rings. The van der Waals surface area contributed by atoms with Gasteiger partial charge in [0.15, 0.2) is 5.69 Å². The molecule has 0 saturated carbocycles. The summed E-state index contributed by atoms with van der Waals surface area (Å²) in [6.07, 6.45) is 5.04. The van der Waals surface area contributed by atoms with Crippen LogP contribution >= 0.6 is 0 Å². The molecule has 0 aliphatic carbocycles. The molecule has 0 saturated heterocycles. The molecule has 19 heavy (non-hydrogen) atoms. The van der Waals surface area contributed by atoms with Crippen LogP contribution in [0.3, 0.4) is 0 Å². The second-order valence-corrected chi connectivity index (χ2v) is 4.14. The Balaban J connectivity index is 1.95. The van der Waals surface area contributed by atoms with Crippen molar-refractivity contribution in [3.05, 3.63) is 41.5 Å². The van der Waals surface area contributed by atoms with Crippen LogP contribution in [0.5, 0.6) is 0 Å². The quantitative estimate of drug-likeness (QED) is 0.780. The Hall–Kier alpha value is -2.28. The monoisotopic (exact) mass is 260 g/mol. The van der Waals surface area contributed by atoms with Gasteiger partial charge >= 0.3 is 0 Å². The van der Waals surface area contributed by atoms with Crippen molar-refractivity contribution < 1.29 is 4.79 Å². The van der Waals surface area contributed by atoms with Gasteiger partial charge in [-0.2, -0.15) is 0 Å². The van der Waals surface area contributed by atoms with Gasteiger partial charge in [0.05, 0.1) is 12.7 Å². The predicted octanol–water partition coefficient (Wildman–Crippen LogP) is -0.130. The van der Waals surface area contributed by atoms with E-state index >= 15 is 0 Å². The van der Waals surface area contributed by atoms with Gasteiger partial charge in [0.1, 0.15) is 0 Å². The lowest BCUT2D eigenvalue weighted by Crippen LogP contribution is -2.23. The van der Waals surface area contributed by atoms with Gasteiger partial charge in [-0.15, -0.1) is 5.10 Å². The average Bonchev–Trinajstić information content (AvgIpc) is 2.87. The lowest BCUT2D eigenvalue weighted by Gasteiger charge is -2.05. The largest absolute Gasteiger partial charge is 0.346 e. The Morgan fingerprint density at radius 3 is 3.11 bits per heavy atom. The number of carbonyl (C=O) groups excluding carboxylic acids is 1. The van der Waals surface area contributed by atoms with E-state index in [1.54, 1.807) is 23.3 Å². The van der Waals surface area contributed by atoms with Gasteiger partial charge in [-0.05, 0) is 24.1 Å². The van der Waals surface area contributed by atoms with Crippen molar-refractivity contribution in [3.8, 4) is 0 Å². The Bertz CT molecular complexity index is 565. The minimum atomic E-state index is -0.258. The molecule has 2 rings (SSSR count). The van der Waals surface area contributed by atoms with Crippen LogP contribution in [0.1, 0.15) is 21.6 Å². The summed E-state index contributed by atoms with van der Waals surface area (Å²) in [5.41, 5.74) is 7.75. The fourth-order valence-corrected chi connectivity index (χ4v) is 1.59. The van der Waals surface area contributed by atoms with Crippen molar-refractivity contribution in [2.45, 2.75) is 20.0 Å². The zero-order valence-corrected chi connectivity index (χ0v) is 10.7. The third-order valence-electron chi connectivity index (χ3n) is 2.72. The minimum Gasteiger partial charge on any atom is -0.346 e. The number of nitrogens with two attached hydrogens (primary N) is 1. The molecular weight excluding hydrogens is 244 g/mol. The molecule has 0 atom stereocenters. The van der Waals surface area contributed by atoms with Gasteiger partial charge < -0.3 is 11.1 Å². The highest BCUT2D eigenvalue weighted by Crippen LogP contribution is 2.04. The second-order valence-electron chi connectivity index (χ2n) is 4.14. The van der Waals surface area contributed by atoms with Gasteiger partial charge in [-0.1, -0.05) is 5.21 Å². The summed E-state index contributed by atoms with van der Waals surface area (Å²) < 4.78 is 1.55. The molecule has 2 heterocycles. The zero-order chi connectivity index (χ0) is 13.7. The van der Waals surface area contributed by atoms with Crippen molar-refractivity contribution in [1.82, 2.24) is 25.3 Å². The van der Waals surface area contributed by atoms with Crippen molar-refractivity contribution in [3.63, 3.8) is 0 Å². The molecule has 7 nitrogen and oxygen atoms in total. The smallest absolute Gasteiger partial charge is 0.273 e. The summed E-state index contributed by atoms with van der Waals surface area (Å²) in [6, 6.07) is 1.90. The van der Waals surface area contributed by atoms with Crippen molar-refractivity contribution >= 4 is 5.91 Å². The first-order valence-corrected chi connectivity index (χ1v) is 5.98. The molecule has 0 radical (unpaired) electrons. The number of amides is 1. The summed E-state index contributed by atoms with van der Waals surface area (Å²) in [7, 11) is 0. The first-order valence-electron chi connectivity index (χ1n) is 5.98. The van der Waals surface area contributed by atoms with Crippen LogP contribution < -0.4 is 11.1 Å². The Morgan fingerprint density at radius 1 is 1.53 bits per heavy atom.